The van der Waals surface area contributed by atoms with Gasteiger partial charge in [0.15, 0.2) is 11.2 Å². The number of carbonyl (C=O) groups excluding carboxylic acids is 2. The highest BCUT2D eigenvalue weighted by atomic mass is 16.6. The first-order valence-electron chi connectivity index (χ1n) is 15.8. The Kier molecular flexibility index (Phi) is 8.41. The van der Waals surface area contributed by atoms with Gasteiger partial charge in [0.1, 0.15) is 0 Å². The molecule has 5 heteroatoms. The van der Waals surface area contributed by atoms with E-state index in [4.69, 9.17) is 14.2 Å². The van der Waals surface area contributed by atoms with Crippen molar-refractivity contribution in [2.75, 3.05) is 14.2 Å². The van der Waals surface area contributed by atoms with Crippen molar-refractivity contribution < 1.29 is 23.8 Å². The Morgan fingerprint density at radius 1 is 0.581 bits per heavy atom. The summed E-state index contributed by atoms with van der Waals surface area (Å²) in [6.45, 7) is 12.8. The van der Waals surface area contributed by atoms with Gasteiger partial charge in [0.05, 0.1) is 25.4 Å². The van der Waals surface area contributed by atoms with Gasteiger partial charge in [-0.05, 0) is 94.2 Å². The van der Waals surface area contributed by atoms with Gasteiger partial charge in [-0.2, -0.15) is 0 Å². The predicted octanol–water partition coefficient (Wildman–Crippen LogP) is 7.23. The van der Waals surface area contributed by atoms with Gasteiger partial charge in [0.2, 0.25) is 0 Å². The molecule has 0 aliphatic carbocycles. The van der Waals surface area contributed by atoms with Crippen LogP contribution in [-0.2, 0) is 73.5 Å². The summed E-state index contributed by atoms with van der Waals surface area (Å²) in [5.41, 5.74) is 8.22. The largest absolute Gasteiger partial charge is 0.466 e. The average Bonchev–Trinajstić information content (AvgIpc) is 3.54. The van der Waals surface area contributed by atoms with Crippen molar-refractivity contribution >= 4 is 11.9 Å². The van der Waals surface area contributed by atoms with Crippen LogP contribution in [0.25, 0.3) is 0 Å². The third kappa shape index (κ3) is 4.22. The monoisotopic (exact) mass is 580 g/mol. The number of hydrogen-bond donors (Lipinski definition) is 0. The van der Waals surface area contributed by atoms with E-state index < -0.39 is 23.1 Å². The van der Waals surface area contributed by atoms with Gasteiger partial charge in [-0.25, -0.2) is 9.59 Å². The second-order valence-corrected chi connectivity index (χ2v) is 11.4. The van der Waals surface area contributed by atoms with E-state index in [1.165, 1.54) is 25.3 Å². The maximum absolute atomic E-state index is 14.2. The Morgan fingerprint density at radius 2 is 0.907 bits per heavy atom. The van der Waals surface area contributed by atoms with E-state index in [9.17, 15) is 9.59 Å². The summed E-state index contributed by atoms with van der Waals surface area (Å²) in [6, 6.07) is 17.0. The van der Waals surface area contributed by atoms with Gasteiger partial charge in [0, 0.05) is 0 Å². The first kappa shape index (κ1) is 30.7. The number of fused-ring (bicyclic) bond motifs is 5. The molecule has 0 spiro atoms. The lowest BCUT2D eigenvalue weighted by Crippen LogP contribution is -2.37. The van der Waals surface area contributed by atoms with E-state index >= 15 is 0 Å². The van der Waals surface area contributed by atoms with Crippen LogP contribution in [0.1, 0.15) is 97.2 Å². The number of rotatable bonds is 10. The molecule has 0 saturated carbocycles. The summed E-state index contributed by atoms with van der Waals surface area (Å²) in [5, 5.41) is 0. The second kappa shape index (κ2) is 11.8. The molecule has 2 aliphatic heterocycles. The van der Waals surface area contributed by atoms with Gasteiger partial charge in [0.25, 0.3) is 0 Å². The minimum absolute atomic E-state index is 0.220. The minimum Gasteiger partial charge on any atom is -0.466 e. The van der Waals surface area contributed by atoms with Gasteiger partial charge in [-0.15, -0.1) is 0 Å². The van der Waals surface area contributed by atoms with Crippen LogP contribution in [0.4, 0.5) is 0 Å². The van der Waals surface area contributed by atoms with Gasteiger partial charge in [-0.1, -0.05) is 90.1 Å². The van der Waals surface area contributed by atoms with Crippen molar-refractivity contribution in [2.24, 2.45) is 0 Å². The standard InChI is InChI=1S/C38H44O5/c1-9-23-19-25(11-3)31(26(12-4)20-23)37-29-17-15-16-18-30(29)38(43-37,34(36(40)42-8)33(37)35(39)41-7)32-27(13-5)21-24(10-2)22-28(32)14-6/h15-22H,9-14H2,1-8H3. The number of aryl methyl sites for hydroxylation is 6. The topological polar surface area (TPSA) is 61.8 Å². The highest BCUT2D eigenvalue weighted by Gasteiger charge is 2.70. The third-order valence-corrected chi connectivity index (χ3v) is 9.49. The van der Waals surface area contributed by atoms with Crippen LogP contribution in [0.5, 0.6) is 0 Å². The van der Waals surface area contributed by atoms with Crippen LogP contribution >= 0.6 is 0 Å². The van der Waals surface area contributed by atoms with Gasteiger partial charge < -0.3 is 14.2 Å². The van der Waals surface area contributed by atoms with Gasteiger partial charge >= 0.3 is 11.9 Å². The average molecular weight is 581 g/mol. The second-order valence-electron chi connectivity index (χ2n) is 11.4. The first-order chi connectivity index (χ1) is 20.8. The summed E-state index contributed by atoms with van der Waals surface area (Å²) < 4.78 is 18.6. The Morgan fingerprint density at radius 3 is 1.16 bits per heavy atom. The molecule has 0 aromatic heterocycles. The van der Waals surface area contributed by atoms with E-state index in [0.717, 1.165) is 83.0 Å². The maximum atomic E-state index is 14.2. The van der Waals surface area contributed by atoms with E-state index in [-0.39, 0.29) is 11.1 Å². The van der Waals surface area contributed by atoms with Crippen LogP contribution in [0, 0.1) is 0 Å². The third-order valence-electron chi connectivity index (χ3n) is 9.49. The van der Waals surface area contributed by atoms with E-state index in [1.54, 1.807) is 0 Å². The molecule has 43 heavy (non-hydrogen) atoms. The highest BCUT2D eigenvalue weighted by molar-refractivity contribution is 6.08. The van der Waals surface area contributed by atoms with E-state index in [1.807, 2.05) is 12.1 Å². The zero-order valence-corrected chi connectivity index (χ0v) is 26.9. The number of benzene rings is 3. The van der Waals surface area contributed by atoms with Crippen LogP contribution < -0.4 is 0 Å². The molecule has 0 radical (unpaired) electrons. The molecule has 226 valence electrons. The molecular weight excluding hydrogens is 536 g/mol. The van der Waals surface area contributed by atoms with Crippen LogP contribution in [0.15, 0.2) is 59.7 Å². The van der Waals surface area contributed by atoms with Crippen molar-refractivity contribution in [1.82, 2.24) is 0 Å². The Balaban J connectivity index is 2.07. The molecule has 2 bridgehead atoms. The number of hydrogen-bond acceptors (Lipinski definition) is 5. The summed E-state index contributed by atoms with van der Waals surface area (Å²) in [7, 11) is 2.74. The fourth-order valence-corrected chi connectivity index (χ4v) is 7.58. The fraction of sp³-hybridized carbons (Fsp3) is 0.421. The maximum Gasteiger partial charge on any atom is 0.338 e. The molecule has 3 aromatic rings. The summed E-state index contributed by atoms with van der Waals surface area (Å²) in [5.74, 6) is -1.16. The van der Waals surface area contributed by atoms with Crippen molar-refractivity contribution in [2.45, 2.75) is 91.3 Å². The van der Waals surface area contributed by atoms with Crippen molar-refractivity contribution in [3.63, 3.8) is 0 Å². The highest BCUT2D eigenvalue weighted by Crippen LogP contribution is 2.68. The SMILES string of the molecule is CCc1cc(CC)c(C23OC(c4c(CC)cc(CC)cc4CC)(C(C(=O)OC)=C2C(=O)OC)c2ccccc23)c(CC)c1. The normalized spacial score (nSPS) is 20.4. The lowest BCUT2D eigenvalue weighted by Gasteiger charge is -2.34. The van der Waals surface area contributed by atoms with Gasteiger partial charge in [-0.3, -0.25) is 0 Å². The zero-order valence-electron chi connectivity index (χ0n) is 26.9. The number of methoxy groups -OCH3 is 2. The molecular formula is C38H44O5. The summed E-state index contributed by atoms with van der Waals surface area (Å²) >= 11 is 0. The zero-order chi connectivity index (χ0) is 31.1. The molecule has 3 aromatic carbocycles. The molecule has 5 rings (SSSR count). The quantitative estimate of drug-likeness (QED) is 0.237. The smallest absolute Gasteiger partial charge is 0.338 e. The fourth-order valence-electron chi connectivity index (χ4n) is 7.58. The van der Waals surface area contributed by atoms with Crippen molar-refractivity contribution in [3.8, 4) is 0 Å². The number of carbonyl (C=O) groups is 2. The first-order valence-corrected chi connectivity index (χ1v) is 15.8. The minimum atomic E-state index is -1.35. The van der Waals surface area contributed by atoms with Crippen LogP contribution in [-0.4, -0.2) is 26.2 Å². The molecule has 2 atom stereocenters. The molecule has 0 N–H and O–H groups in total. The molecule has 5 nitrogen and oxygen atoms in total. The molecule has 2 unspecified atom stereocenters. The Hall–Kier alpha value is -3.70. The van der Waals surface area contributed by atoms with E-state index in [2.05, 4.69) is 77.9 Å². The van der Waals surface area contributed by atoms with Crippen molar-refractivity contribution in [3.05, 3.63) is 115 Å². The molecule has 0 fully saturated rings. The van der Waals surface area contributed by atoms with Crippen molar-refractivity contribution in [1.29, 1.82) is 0 Å². The lowest BCUT2D eigenvalue weighted by molar-refractivity contribution is -0.139. The molecule has 0 amide bonds. The Labute approximate surface area is 256 Å². The number of ether oxygens (including phenoxy) is 3. The molecule has 2 heterocycles. The molecule has 2 aliphatic rings. The number of esters is 2. The van der Waals surface area contributed by atoms with Crippen LogP contribution in [0.2, 0.25) is 0 Å². The summed E-state index contributed by atoms with van der Waals surface area (Å²) in [4.78, 5) is 28.3. The van der Waals surface area contributed by atoms with E-state index in [0.29, 0.717) is 0 Å². The predicted molar refractivity (Wildman–Crippen MR) is 169 cm³/mol. The lowest BCUT2D eigenvalue weighted by atomic mass is 9.65. The molecule has 0 saturated heterocycles. The summed E-state index contributed by atoms with van der Waals surface area (Å²) in [6.07, 6.45) is 4.75. The Bertz CT molecular complexity index is 1460. The van der Waals surface area contributed by atoms with Crippen LogP contribution in [0.3, 0.4) is 0 Å².